The Bertz CT molecular complexity index is 791. The largest absolute Gasteiger partial charge is 0.370 e. The molecule has 0 spiro atoms. The van der Waals surface area contributed by atoms with Crippen LogP contribution in [0.3, 0.4) is 0 Å². The Kier molecular flexibility index (Phi) is 4.23. The average molecular weight is 388 g/mol. The predicted molar refractivity (Wildman–Crippen MR) is 99.8 cm³/mol. The Hall–Kier alpha value is -1.59. The summed E-state index contributed by atoms with van der Waals surface area (Å²) in [4.78, 5) is 1.37. The van der Waals surface area contributed by atoms with Gasteiger partial charge in [0.25, 0.3) is 0 Å². The van der Waals surface area contributed by atoms with E-state index in [0.29, 0.717) is 0 Å². The van der Waals surface area contributed by atoms with Gasteiger partial charge < -0.3 is 5.32 Å². The number of hydrogen-bond acceptors (Lipinski definition) is 3. The summed E-state index contributed by atoms with van der Waals surface area (Å²) in [5.74, 6) is 1.18. The van der Waals surface area contributed by atoms with Gasteiger partial charge in [-0.1, -0.05) is 22.0 Å². The Morgan fingerprint density at radius 2 is 2.04 bits per heavy atom. The topological polar surface area (TPSA) is 29.9 Å². The molecule has 3 nitrogen and oxygen atoms in total. The van der Waals surface area contributed by atoms with Crippen molar-refractivity contribution >= 4 is 33.1 Å². The summed E-state index contributed by atoms with van der Waals surface area (Å²) >= 11 is 5.31. The lowest BCUT2D eigenvalue weighted by atomic mass is 10.1. The van der Waals surface area contributed by atoms with Crippen molar-refractivity contribution in [2.24, 2.45) is 0 Å². The van der Waals surface area contributed by atoms with Gasteiger partial charge in [0.15, 0.2) is 0 Å². The Morgan fingerprint density at radius 3 is 2.83 bits per heavy atom. The summed E-state index contributed by atoms with van der Waals surface area (Å²) in [6.45, 7) is 1.02. The lowest BCUT2D eigenvalue weighted by Crippen LogP contribution is -2.07. The van der Waals surface area contributed by atoms with Crippen molar-refractivity contribution in [1.82, 2.24) is 9.78 Å². The standard InChI is InChI=1S/C18H18BrN3S/c19-13-6-8-14(9-7-13)22-18-16(5-1-2-10-20-18)17(21-22)12-15-4-3-11-23-15/h3-4,6-9,11,20H,1-2,5,10,12H2. The normalized spacial score (nSPS) is 14.1. The minimum absolute atomic E-state index is 0.922. The fraction of sp³-hybridized carbons (Fsp3) is 0.278. The van der Waals surface area contributed by atoms with Gasteiger partial charge in [0.2, 0.25) is 0 Å². The molecule has 5 heteroatoms. The van der Waals surface area contributed by atoms with E-state index >= 15 is 0 Å². The van der Waals surface area contributed by atoms with E-state index in [-0.39, 0.29) is 0 Å². The molecule has 1 aliphatic rings. The molecular formula is C18H18BrN3S. The van der Waals surface area contributed by atoms with E-state index < -0.39 is 0 Å². The van der Waals surface area contributed by atoms with E-state index in [4.69, 9.17) is 5.10 Å². The quantitative estimate of drug-likeness (QED) is 0.682. The monoisotopic (exact) mass is 387 g/mol. The van der Waals surface area contributed by atoms with E-state index in [2.05, 4.69) is 67.7 Å². The van der Waals surface area contributed by atoms with Gasteiger partial charge in [-0.2, -0.15) is 5.10 Å². The van der Waals surface area contributed by atoms with Gasteiger partial charge in [-0.3, -0.25) is 0 Å². The number of hydrogen-bond donors (Lipinski definition) is 1. The molecule has 0 amide bonds. The molecule has 0 fully saturated rings. The molecule has 3 aromatic rings. The van der Waals surface area contributed by atoms with E-state index in [9.17, 15) is 0 Å². The molecule has 2 aromatic heterocycles. The van der Waals surface area contributed by atoms with E-state index in [1.54, 1.807) is 11.3 Å². The van der Waals surface area contributed by atoms with Gasteiger partial charge in [0, 0.05) is 27.9 Å². The number of nitrogens with one attached hydrogen (secondary N) is 1. The van der Waals surface area contributed by atoms with Gasteiger partial charge in [-0.25, -0.2) is 4.68 Å². The highest BCUT2D eigenvalue weighted by molar-refractivity contribution is 9.10. The van der Waals surface area contributed by atoms with Crippen molar-refractivity contribution in [2.75, 3.05) is 11.9 Å². The number of thiophene rings is 1. The van der Waals surface area contributed by atoms with Crippen LogP contribution in [0.2, 0.25) is 0 Å². The first-order valence-electron chi connectivity index (χ1n) is 7.94. The van der Waals surface area contributed by atoms with Crippen molar-refractivity contribution in [2.45, 2.75) is 25.7 Å². The Balaban J connectivity index is 1.79. The smallest absolute Gasteiger partial charge is 0.133 e. The zero-order valence-electron chi connectivity index (χ0n) is 12.8. The number of aromatic nitrogens is 2. The lowest BCUT2D eigenvalue weighted by Gasteiger charge is -2.09. The molecule has 1 aliphatic heterocycles. The molecular weight excluding hydrogens is 370 g/mol. The van der Waals surface area contributed by atoms with Crippen LogP contribution in [0.15, 0.2) is 46.3 Å². The van der Waals surface area contributed by atoms with Crippen LogP contribution in [0, 0.1) is 0 Å². The third-order valence-corrected chi connectivity index (χ3v) is 5.61. The van der Waals surface area contributed by atoms with E-state index in [1.807, 2.05) is 0 Å². The first-order valence-corrected chi connectivity index (χ1v) is 9.61. The molecule has 0 saturated carbocycles. The van der Waals surface area contributed by atoms with E-state index in [1.165, 1.54) is 34.8 Å². The van der Waals surface area contributed by atoms with Crippen LogP contribution in [0.1, 0.15) is 29.0 Å². The van der Waals surface area contributed by atoms with Crippen LogP contribution in [0.4, 0.5) is 5.82 Å². The molecule has 0 unspecified atom stereocenters. The van der Waals surface area contributed by atoms with Crippen molar-refractivity contribution in [1.29, 1.82) is 0 Å². The number of nitrogens with zero attached hydrogens (tertiary/aromatic N) is 2. The predicted octanol–water partition coefficient (Wildman–Crippen LogP) is 5.04. The van der Waals surface area contributed by atoms with Gasteiger partial charge in [0.05, 0.1) is 11.4 Å². The molecule has 1 aromatic carbocycles. The molecule has 0 bridgehead atoms. The van der Waals surface area contributed by atoms with Crippen molar-refractivity contribution in [3.8, 4) is 5.69 Å². The first kappa shape index (κ1) is 15.0. The van der Waals surface area contributed by atoms with Crippen molar-refractivity contribution in [3.05, 3.63) is 62.4 Å². The second-order valence-electron chi connectivity index (χ2n) is 5.80. The van der Waals surface area contributed by atoms with Crippen LogP contribution < -0.4 is 5.32 Å². The van der Waals surface area contributed by atoms with Gasteiger partial charge in [-0.15, -0.1) is 11.3 Å². The molecule has 0 radical (unpaired) electrons. The van der Waals surface area contributed by atoms with Gasteiger partial charge >= 0.3 is 0 Å². The molecule has 1 N–H and O–H groups in total. The fourth-order valence-corrected chi connectivity index (χ4v) is 4.04. The number of fused-ring (bicyclic) bond motifs is 1. The molecule has 118 valence electrons. The number of anilines is 1. The third-order valence-electron chi connectivity index (χ3n) is 4.21. The fourth-order valence-electron chi connectivity index (χ4n) is 3.06. The maximum Gasteiger partial charge on any atom is 0.133 e. The van der Waals surface area contributed by atoms with Gasteiger partial charge in [0.1, 0.15) is 5.82 Å². The molecule has 0 aliphatic carbocycles. The lowest BCUT2D eigenvalue weighted by molar-refractivity contribution is 0.768. The summed E-state index contributed by atoms with van der Waals surface area (Å²) in [6.07, 6.45) is 4.47. The summed E-state index contributed by atoms with van der Waals surface area (Å²) in [5.41, 5.74) is 3.70. The molecule has 23 heavy (non-hydrogen) atoms. The second-order valence-corrected chi connectivity index (χ2v) is 7.75. The summed E-state index contributed by atoms with van der Waals surface area (Å²) in [7, 11) is 0. The van der Waals surface area contributed by atoms with Gasteiger partial charge in [-0.05, 0) is 55.0 Å². The van der Waals surface area contributed by atoms with Crippen molar-refractivity contribution in [3.63, 3.8) is 0 Å². The summed E-state index contributed by atoms with van der Waals surface area (Å²) in [5, 5.41) is 10.7. The Morgan fingerprint density at radius 1 is 1.17 bits per heavy atom. The molecule has 3 heterocycles. The number of rotatable bonds is 3. The SMILES string of the molecule is Brc1ccc(-n2nc(Cc3cccs3)c3c2NCCCC3)cc1. The summed E-state index contributed by atoms with van der Waals surface area (Å²) in [6, 6.07) is 12.7. The number of benzene rings is 1. The Labute approximate surface area is 148 Å². The second kappa shape index (κ2) is 6.49. The number of halogens is 1. The molecule has 0 atom stereocenters. The van der Waals surface area contributed by atoms with E-state index in [0.717, 1.165) is 29.5 Å². The van der Waals surface area contributed by atoms with Crippen molar-refractivity contribution < 1.29 is 0 Å². The zero-order valence-corrected chi connectivity index (χ0v) is 15.2. The van der Waals surface area contributed by atoms with Crippen LogP contribution in [0.25, 0.3) is 5.69 Å². The average Bonchev–Trinajstić information content (AvgIpc) is 3.11. The minimum atomic E-state index is 0.922. The maximum absolute atomic E-state index is 4.95. The van der Waals surface area contributed by atoms with Crippen LogP contribution >= 0.6 is 27.3 Å². The highest BCUT2D eigenvalue weighted by atomic mass is 79.9. The zero-order chi connectivity index (χ0) is 15.6. The molecule has 4 rings (SSSR count). The van der Waals surface area contributed by atoms with Crippen LogP contribution in [-0.4, -0.2) is 16.3 Å². The highest BCUT2D eigenvalue weighted by Crippen LogP contribution is 2.30. The maximum atomic E-state index is 4.95. The minimum Gasteiger partial charge on any atom is -0.370 e. The van der Waals surface area contributed by atoms with Crippen LogP contribution in [-0.2, 0) is 12.8 Å². The summed E-state index contributed by atoms with van der Waals surface area (Å²) < 4.78 is 3.17. The molecule has 0 saturated heterocycles. The first-order chi connectivity index (χ1) is 11.3. The van der Waals surface area contributed by atoms with Crippen LogP contribution in [0.5, 0.6) is 0 Å². The third kappa shape index (κ3) is 3.08. The highest BCUT2D eigenvalue weighted by Gasteiger charge is 2.20.